The van der Waals surface area contributed by atoms with Crippen LogP contribution < -0.4 is 26.2 Å². The number of piperidine rings is 1. The van der Waals surface area contributed by atoms with Crippen LogP contribution in [0, 0.1) is 5.92 Å². The number of fused-ring (bicyclic) bond motifs is 1. The lowest BCUT2D eigenvalue weighted by Crippen LogP contribution is -2.56. The SMILES string of the molecule is CC(C)CC(NC(=O)[C@@H](Cc1cnc[nH]1)NC(=O)[C@H](Cc1cccc2ccccc12)NC(=O)OCc1ccccc1)O/[P+]([O-])=C/CC(=O)NC1CCN(Cc2ccccc2)CC1. The molecule has 2 unspecified atom stereocenters. The Kier molecular flexibility index (Phi) is 17.2. The third-order valence-electron chi connectivity index (χ3n) is 10.6. The van der Waals surface area contributed by atoms with Crippen LogP contribution in [0.3, 0.4) is 0 Å². The van der Waals surface area contributed by atoms with Crippen LogP contribution in [0.15, 0.2) is 116 Å². The summed E-state index contributed by atoms with van der Waals surface area (Å²) in [6.45, 7) is 6.46. The minimum Gasteiger partial charge on any atom is -0.603 e. The average molecular weight is 862 g/mol. The van der Waals surface area contributed by atoms with Crippen molar-refractivity contribution in [2.24, 2.45) is 5.92 Å². The van der Waals surface area contributed by atoms with Gasteiger partial charge in [0.15, 0.2) is 6.23 Å². The largest absolute Gasteiger partial charge is 0.603 e. The zero-order valence-electron chi connectivity index (χ0n) is 35.2. The highest BCUT2D eigenvalue weighted by atomic mass is 31.1. The van der Waals surface area contributed by atoms with Crippen LogP contribution in [0.1, 0.15) is 61.9 Å². The van der Waals surface area contributed by atoms with E-state index in [4.69, 9.17) is 9.26 Å². The quantitative estimate of drug-likeness (QED) is 0.0513. The van der Waals surface area contributed by atoms with Crippen LogP contribution in [-0.4, -0.2) is 81.9 Å². The maximum Gasteiger partial charge on any atom is 0.408 e. The molecular weight excluding hydrogens is 806 g/mol. The Bertz CT molecular complexity index is 2230. The fraction of sp³-hybridized carbons (Fsp3) is 0.362. The number of benzene rings is 4. The van der Waals surface area contributed by atoms with Crippen molar-refractivity contribution in [1.29, 1.82) is 0 Å². The number of carbonyl (C=O) groups excluding carboxylic acids is 4. The number of likely N-dealkylation sites (tertiary alicyclic amines) is 1. The number of amides is 4. The second-order valence-electron chi connectivity index (χ2n) is 16.0. The third kappa shape index (κ3) is 14.6. The van der Waals surface area contributed by atoms with E-state index in [1.165, 1.54) is 17.7 Å². The zero-order valence-corrected chi connectivity index (χ0v) is 36.1. The molecule has 0 spiro atoms. The van der Waals surface area contributed by atoms with Crippen LogP contribution in [-0.2, 0) is 49.6 Å². The summed E-state index contributed by atoms with van der Waals surface area (Å²) in [6, 6.07) is 30.7. The first-order valence-electron chi connectivity index (χ1n) is 21.1. The minimum atomic E-state index is -2.46. The first-order chi connectivity index (χ1) is 30.1. The summed E-state index contributed by atoms with van der Waals surface area (Å²) >= 11 is 0. The molecule has 1 aromatic heterocycles. The van der Waals surface area contributed by atoms with E-state index >= 15 is 0 Å². The van der Waals surface area contributed by atoms with Crippen molar-refractivity contribution in [2.45, 2.75) is 89.9 Å². The molecule has 0 bridgehead atoms. The number of nitrogens with one attached hydrogen (secondary N) is 5. The van der Waals surface area contributed by atoms with Gasteiger partial charge in [0.2, 0.25) is 25.7 Å². The predicted molar refractivity (Wildman–Crippen MR) is 238 cm³/mol. The fourth-order valence-electron chi connectivity index (χ4n) is 7.41. The van der Waals surface area contributed by atoms with Crippen molar-refractivity contribution in [3.8, 4) is 0 Å². The van der Waals surface area contributed by atoms with E-state index in [0.717, 1.165) is 54.4 Å². The Morgan fingerprint density at radius 3 is 2.21 bits per heavy atom. The fourth-order valence-corrected chi connectivity index (χ4v) is 8.20. The summed E-state index contributed by atoms with van der Waals surface area (Å²) in [5.41, 5.74) is 3.41. The van der Waals surface area contributed by atoms with Crippen molar-refractivity contribution in [3.05, 3.63) is 138 Å². The molecule has 2 heterocycles. The number of nitrogens with zero attached hydrogens (tertiary/aromatic N) is 2. The molecular formula is C47H56N7O7P. The normalized spacial score (nSPS) is 15.1. The summed E-state index contributed by atoms with van der Waals surface area (Å²) < 4.78 is 11.3. The monoisotopic (exact) mass is 861 g/mol. The Morgan fingerprint density at radius 1 is 0.839 bits per heavy atom. The summed E-state index contributed by atoms with van der Waals surface area (Å²) in [5.74, 6) is -0.131. The van der Waals surface area contributed by atoms with Gasteiger partial charge in [0, 0.05) is 50.4 Å². The number of imidazole rings is 1. The second-order valence-corrected chi connectivity index (χ2v) is 17.1. The minimum absolute atomic E-state index is 0.00329. The van der Waals surface area contributed by atoms with E-state index in [9.17, 15) is 24.1 Å². The number of ether oxygens (including phenoxy) is 1. The van der Waals surface area contributed by atoms with Gasteiger partial charge in [-0.3, -0.25) is 19.3 Å². The van der Waals surface area contributed by atoms with Crippen LogP contribution in [0.4, 0.5) is 4.79 Å². The lowest BCUT2D eigenvalue weighted by molar-refractivity contribution is -0.177. The highest BCUT2D eigenvalue weighted by molar-refractivity contribution is 7.44. The first-order valence-corrected chi connectivity index (χ1v) is 22.4. The number of aromatic nitrogens is 2. The molecule has 4 amide bonds. The van der Waals surface area contributed by atoms with Crippen molar-refractivity contribution in [1.82, 2.24) is 36.1 Å². The maximum absolute atomic E-state index is 14.2. The molecule has 4 atom stereocenters. The maximum atomic E-state index is 14.2. The summed E-state index contributed by atoms with van der Waals surface area (Å²) in [4.78, 5) is 77.1. The number of hydrogen-bond acceptors (Lipinski definition) is 9. The number of carbonyl (C=O) groups is 4. The molecule has 1 aliphatic rings. The van der Waals surface area contributed by atoms with Gasteiger partial charge in [0.1, 0.15) is 24.5 Å². The summed E-state index contributed by atoms with van der Waals surface area (Å²) in [6.07, 6.45) is 3.16. The average Bonchev–Trinajstić information content (AvgIpc) is 3.79. The summed E-state index contributed by atoms with van der Waals surface area (Å²) in [7, 11) is -2.46. The van der Waals surface area contributed by atoms with E-state index in [2.05, 4.69) is 48.3 Å². The van der Waals surface area contributed by atoms with Gasteiger partial charge < -0.3 is 35.9 Å². The molecule has 15 heteroatoms. The van der Waals surface area contributed by atoms with E-state index < -0.39 is 44.2 Å². The molecule has 5 aromatic rings. The van der Waals surface area contributed by atoms with E-state index in [-0.39, 0.29) is 43.7 Å². The summed E-state index contributed by atoms with van der Waals surface area (Å²) in [5, 5.41) is 13.3. The van der Waals surface area contributed by atoms with E-state index in [0.29, 0.717) is 12.1 Å². The van der Waals surface area contributed by atoms with Crippen molar-refractivity contribution >= 4 is 48.4 Å². The number of hydrogen-bond donors (Lipinski definition) is 5. The highest BCUT2D eigenvalue weighted by Gasteiger charge is 2.31. The van der Waals surface area contributed by atoms with E-state index in [1.807, 2.05) is 105 Å². The van der Waals surface area contributed by atoms with Crippen molar-refractivity contribution in [2.75, 3.05) is 13.1 Å². The predicted octanol–water partition coefficient (Wildman–Crippen LogP) is 5.28. The van der Waals surface area contributed by atoms with Gasteiger partial charge in [0.25, 0.3) is 0 Å². The molecule has 1 aliphatic heterocycles. The van der Waals surface area contributed by atoms with Crippen LogP contribution in [0.25, 0.3) is 10.8 Å². The Labute approximate surface area is 363 Å². The lowest BCUT2D eigenvalue weighted by Gasteiger charge is -2.32. The van der Waals surface area contributed by atoms with Gasteiger partial charge in [0.05, 0.1) is 12.7 Å². The Hall–Kier alpha value is -5.92. The van der Waals surface area contributed by atoms with Crippen molar-refractivity contribution < 1.29 is 33.3 Å². The van der Waals surface area contributed by atoms with Crippen LogP contribution in [0.5, 0.6) is 0 Å². The van der Waals surface area contributed by atoms with Gasteiger partial charge in [-0.25, -0.2) is 9.78 Å². The molecule has 62 heavy (non-hydrogen) atoms. The molecule has 0 saturated carbocycles. The van der Waals surface area contributed by atoms with Gasteiger partial charge in [-0.15, -0.1) is 0 Å². The second kappa shape index (κ2) is 23.3. The molecule has 1 saturated heterocycles. The first kappa shape index (κ1) is 45.6. The zero-order chi connectivity index (χ0) is 43.7. The highest BCUT2D eigenvalue weighted by Crippen LogP contribution is 2.22. The van der Waals surface area contributed by atoms with E-state index in [1.54, 1.807) is 6.20 Å². The van der Waals surface area contributed by atoms with Gasteiger partial charge >= 0.3 is 6.09 Å². The number of H-pyrrole nitrogens is 1. The number of alkyl carbamates (subject to hydrolysis) is 1. The Balaban J connectivity index is 1.09. The third-order valence-corrected chi connectivity index (χ3v) is 11.5. The standard InChI is InChI=1S/C47H56N7O7P/c1-33(2)26-44(61-62(59)25-22-43(55)50-38-20-23-54(24-21-38)30-34-12-5-3-6-13-34)53-46(57)42(28-39-29-48-32-49-39)51-45(56)41(52-47(58)60-31-35-14-7-4-8-15-35)27-37-18-11-17-36-16-9-10-19-40(36)37/h3-19,25,29,32-33,38,41-42,44H,20-24,26-28,30-31H2,1-2H3,(H,48,49)(H,50,55)(H,51,56)(H,52,58)(H,53,57)/t41-,42+,44?/m0/s1. The van der Waals surface area contributed by atoms with Crippen molar-refractivity contribution in [3.63, 3.8) is 0 Å². The topological polar surface area (TPSA) is 190 Å². The Morgan fingerprint density at radius 2 is 1.50 bits per heavy atom. The van der Waals surface area contributed by atoms with Crippen LogP contribution >= 0.6 is 8.00 Å². The molecule has 326 valence electrons. The molecule has 4 aromatic carbocycles. The van der Waals surface area contributed by atoms with Gasteiger partial charge in [-0.05, 0) is 52.6 Å². The smallest absolute Gasteiger partial charge is 0.408 e. The molecule has 1 fully saturated rings. The number of rotatable bonds is 20. The van der Waals surface area contributed by atoms with Crippen LogP contribution in [0.2, 0.25) is 0 Å². The molecule has 0 aliphatic carbocycles. The molecule has 14 nitrogen and oxygen atoms in total. The van der Waals surface area contributed by atoms with Gasteiger partial charge in [-0.2, -0.15) is 4.52 Å². The lowest BCUT2D eigenvalue weighted by atomic mass is 9.98. The van der Waals surface area contributed by atoms with Gasteiger partial charge in [-0.1, -0.05) is 117 Å². The molecule has 5 N–H and O–H groups in total. The molecule has 0 radical (unpaired) electrons. The molecule has 6 rings (SSSR count). The number of aromatic amines is 1.